The highest BCUT2D eigenvalue weighted by molar-refractivity contribution is 5.81. The molecule has 3 heterocycles. The van der Waals surface area contributed by atoms with Gasteiger partial charge in [0.25, 0.3) is 0 Å². The molecule has 0 unspecified atom stereocenters. The van der Waals surface area contributed by atoms with E-state index in [1.165, 1.54) is 0 Å². The third kappa shape index (κ3) is 3.49. The van der Waals surface area contributed by atoms with Crippen molar-refractivity contribution in [2.24, 2.45) is 5.92 Å². The van der Waals surface area contributed by atoms with Crippen LogP contribution in [-0.4, -0.2) is 49.9 Å². The average Bonchev–Trinajstić information content (AvgIpc) is 3.04. The van der Waals surface area contributed by atoms with Crippen LogP contribution in [0, 0.1) is 19.8 Å². The maximum Gasteiger partial charge on any atom is 0.309 e. The van der Waals surface area contributed by atoms with Crippen molar-refractivity contribution < 1.29 is 14.7 Å². The lowest BCUT2D eigenvalue weighted by atomic mass is 9.93. The smallest absolute Gasteiger partial charge is 0.309 e. The van der Waals surface area contributed by atoms with Gasteiger partial charge in [0, 0.05) is 47.8 Å². The van der Waals surface area contributed by atoms with E-state index in [0.29, 0.717) is 23.6 Å². The molecule has 8 nitrogen and oxygen atoms in total. The van der Waals surface area contributed by atoms with Gasteiger partial charge in [-0.25, -0.2) is 9.97 Å². The first-order valence-corrected chi connectivity index (χ1v) is 8.38. The zero-order valence-electron chi connectivity index (χ0n) is 14.7. The Labute approximate surface area is 151 Å². The minimum absolute atomic E-state index is 0.124. The summed E-state index contributed by atoms with van der Waals surface area (Å²) in [5.74, 6) is -1.87. The maximum atomic E-state index is 12.8. The normalized spacial score (nSPS) is 19.5. The Morgan fingerprint density at radius 1 is 1.23 bits per heavy atom. The fourth-order valence-corrected chi connectivity index (χ4v) is 3.44. The molecule has 2 aromatic heterocycles. The molecule has 0 saturated carbocycles. The average molecular weight is 355 g/mol. The van der Waals surface area contributed by atoms with Gasteiger partial charge in [0.15, 0.2) is 0 Å². The van der Waals surface area contributed by atoms with Gasteiger partial charge in [0.2, 0.25) is 11.9 Å². The number of carboxylic acids is 1. The van der Waals surface area contributed by atoms with Crippen LogP contribution < -0.4 is 5.73 Å². The number of nitrogen functional groups attached to an aromatic ring is 1. The molecule has 0 aromatic carbocycles. The molecule has 3 rings (SSSR count). The summed E-state index contributed by atoms with van der Waals surface area (Å²) in [6, 6.07) is 5.41. The first-order chi connectivity index (χ1) is 12.4. The third-order valence-corrected chi connectivity index (χ3v) is 4.82. The van der Waals surface area contributed by atoms with Gasteiger partial charge in [0.1, 0.15) is 0 Å². The number of amides is 1. The Morgan fingerprint density at radius 3 is 2.50 bits per heavy atom. The summed E-state index contributed by atoms with van der Waals surface area (Å²) in [6.45, 7) is 4.08. The number of hydrogen-bond donors (Lipinski definition) is 2. The molecule has 1 fully saturated rings. The van der Waals surface area contributed by atoms with Crippen LogP contribution in [0.15, 0.2) is 24.4 Å². The Morgan fingerprint density at radius 2 is 1.92 bits per heavy atom. The van der Waals surface area contributed by atoms with E-state index in [2.05, 4.69) is 15.0 Å². The number of likely N-dealkylation sites (tertiary alicyclic amines) is 1. The molecule has 1 aliphatic rings. The van der Waals surface area contributed by atoms with Gasteiger partial charge in [-0.3, -0.25) is 14.6 Å². The van der Waals surface area contributed by atoms with Crippen molar-refractivity contribution in [3.05, 3.63) is 47.0 Å². The fourth-order valence-electron chi connectivity index (χ4n) is 3.44. The molecular formula is C18H21N5O3. The van der Waals surface area contributed by atoms with Crippen molar-refractivity contribution in [2.45, 2.75) is 26.2 Å². The summed E-state index contributed by atoms with van der Waals surface area (Å²) in [5.41, 5.74) is 8.38. The second-order valence-corrected chi connectivity index (χ2v) is 6.51. The number of carboxylic acid groups (broad SMARTS) is 1. The van der Waals surface area contributed by atoms with Crippen molar-refractivity contribution in [3.63, 3.8) is 0 Å². The lowest BCUT2D eigenvalue weighted by Crippen LogP contribution is -2.31. The summed E-state index contributed by atoms with van der Waals surface area (Å²) >= 11 is 0. The van der Waals surface area contributed by atoms with Crippen LogP contribution >= 0.6 is 0 Å². The summed E-state index contributed by atoms with van der Waals surface area (Å²) < 4.78 is 0. The summed E-state index contributed by atoms with van der Waals surface area (Å²) in [4.78, 5) is 38.5. The molecule has 0 bridgehead atoms. The van der Waals surface area contributed by atoms with Crippen molar-refractivity contribution in [1.82, 2.24) is 19.9 Å². The SMILES string of the molecule is Cc1nc(N)nc(C)c1CC(=O)N1C[C@@H](C(=O)O)[C@H](c2ccccn2)C1. The molecular weight excluding hydrogens is 334 g/mol. The molecule has 136 valence electrons. The van der Waals surface area contributed by atoms with Gasteiger partial charge in [0.05, 0.1) is 12.3 Å². The first-order valence-electron chi connectivity index (χ1n) is 8.38. The van der Waals surface area contributed by atoms with Crippen LogP contribution in [0.1, 0.15) is 28.6 Å². The van der Waals surface area contributed by atoms with Gasteiger partial charge >= 0.3 is 5.97 Å². The number of anilines is 1. The first kappa shape index (κ1) is 17.8. The minimum Gasteiger partial charge on any atom is -0.481 e. The molecule has 0 radical (unpaired) electrons. The summed E-state index contributed by atoms with van der Waals surface area (Å²) in [6.07, 6.45) is 1.76. The molecule has 2 aromatic rings. The Kier molecular flexibility index (Phi) is 4.83. The van der Waals surface area contributed by atoms with Crippen molar-refractivity contribution in [2.75, 3.05) is 18.8 Å². The topological polar surface area (TPSA) is 122 Å². The van der Waals surface area contributed by atoms with Crippen LogP contribution in [-0.2, 0) is 16.0 Å². The quantitative estimate of drug-likeness (QED) is 0.837. The van der Waals surface area contributed by atoms with E-state index in [-0.39, 0.29) is 30.7 Å². The van der Waals surface area contributed by atoms with Gasteiger partial charge in [-0.15, -0.1) is 0 Å². The monoisotopic (exact) mass is 355 g/mol. The molecule has 1 amide bonds. The molecule has 26 heavy (non-hydrogen) atoms. The lowest BCUT2D eigenvalue weighted by molar-refractivity contribution is -0.141. The number of hydrogen-bond acceptors (Lipinski definition) is 6. The van der Waals surface area contributed by atoms with Crippen LogP contribution in [0.25, 0.3) is 0 Å². The second kappa shape index (κ2) is 7.07. The number of aryl methyl sites for hydroxylation is 2. The predicted molar refractivity (Wildman–Crippen MR) is 94.3 cm³/mol. The zero-order valence-corrected chi connectivity index (χ0v) is 14.7. The zero-order chi connectivity index (χ0) is 18.8. The molecule has 8 heteroatoms. The highest BCUT2D eigenvalue weighted by Gasteiger charge is 2.41. The second-order valence-electron chi connectivity index (χ2n) is 6.51. The molecule has 0 spiro atoms. The van der Waals surface area contributed by atoms with E-state index >= 15 is 0 Å². The third-order valence-electron chi connectivity index (χ3n) is 4.82. The van der Waals surface area contributed by atoms with Gasteiger partial charge < -0.3 is 15.7 Å². The number of aliphatic carboxylic acids is 1. The van der Waals surface area contributed by atoms with E-state index in [0.717, 1.165) is 5.56 Å². The van der Waals surface area contributed by atoms with Crippen LogP contribution in [0.4, 0.5) is 5.95 Å². The minimum atomic E-state index is -0.917. The van der Waals surface area contributed by atoms with E-state index in [1.807, 2.05) is 6.07 Å². The van der Waals surface area contributed by atoms with E-state index in [1.54, 1.807) is 37.1 Å². The van der Waals surface area contributed by atoms with Crippen LogP contribution in [0.3, 0.4) is 0 Å². The Balaban J connectivity index is 1.80. The Hall–Kier alpha value is -3.03. The number of nitrogens with two attached hydrogens (primary N) is 1. The van der Waals surface area contributed by atoms with Crippen molar-refractivity contribution in [3.8, 4) is 0 Å². The standard InChI is InChI=1S/C18H21N5O3/c1-10-12(11(2)22-18(19)21-10)7-16(24)23-8-13(14(9-23)17(25)26)15-5-3-4-6-20-15/h3-6,13-14H,7-9H2,1-2H3,(H,25,26)(H2,19,21,22)/t13-,14-/m1/s1. The van der Waals surface area contributed by atoms with Gasteiger partial charge in [-0.05, 0) is 26.0 Å². The number of carbonyl (C=O) groups is 2. The number of aromatic nitrogens is 3. The number of carbonyl (C=O) groups excluding carboxylic acids is 1. The number of pyridine rings is 1. The van der Waals surface area contributed by atoms with E-state index in [9.17, 15) is 14.7 Å². The summed E-state index contributed by atoms with van der Waals surface area (Å²) in [5, 5.41) is 9.55. The van der Waals surface area contributed by atoms with Crippen molar-refractivity contribution in [1.29, 1.82) is 0 Å². The van der Waals surface area contributed by atoms with E-state index < -0.39 is 11.9 Å². The van der Waals surface area contributed by atoms with E-state index in [4.69, 9.17) is 5.73 Å². The van der Waals surface area contributed by atoms with Crippen molar-refractivity contribution >= 4 is 17.8 Å². The molecule has 3 N–H and O–H groups in total. The fraction of sp³-hybridized carbons (Fsp3) is 0.389. The molecule has 0 aliphatic carbocycles. The van der Waals surface area contributed by atoms with Gasteiger partial charge in [-0.2, -0.15) is 0 Å². The number of nitrogens with zero attached hydrogens (tertiary/aromatic N) is 4. The highest BCUT2D eigenvalue weighted by Crippen LogP contribution is 2.32. The Bertz CT molecular complexity index is 817. The van der Waals surface area contributed by atoms with Crippen LogP contribution in [0.5, 0.6) is 0 Å². The highest BCUT2D eigenvalue weighted by atomic mass is 16.4. The lowest BCUT2D eigenvalue weighted by Gasteiger charge is -2.17. The molecule has 1 aliphatic heterocycles. The number of rotatable bonds is 4. The maximum absolute atomic E-state index is 12.8. The van der Waals surface area contributed by atoms with Crippen LogP contribution in [0.2, 0.25) is 0 Å². The predicted octanol–water partition coefficient (Wildman–Crippen LogP) is 0.940. The molecule has 1 saturated heterocycles. The molecule has 2 atom stereocenters. The largest absolute Gasteiger partial charge is 0.481 e. The summed E-state index contributed by atoms with van der Waals surface area (Å²) in [7, 11) is 0. The van der Waals surface area contributed by atoms with Gasteiger partial charge in [-0.1, -0.05) is 6.07 Å².